The number of amides is 1. The van der Waals surface area contributed by atoms with Crippen molar-refractivity contribution in [1.82, 2.24) is 9.21 Å². The lowest BCUT2D eigenvalue weighted by Crippen LogP contribution is -2.50. The summed E-state index contributed by atoms with van der Waals surface area (Å²) in [5, 5.41) is 0. The van der Waals surface area contributed by atoms with E-state index in [2.05, 4.69) is 0 Å². The van der Waals surface area contributed by atoms with E-state index in [-0.39, 0.29) is 5.91 Å². The van der Waals surface area contributed by atoms with Crippen molar-refractivity contribution in [3.63, 3.8) is 0 Å². The second-order valence-electron chi connectivity index (χ2n) is 7.05. The molecule has 0 aromatic heterocycles. The van der Waals surface area contributed by atoms with Gasteiger partial charge in [0.15, 0.2) is 0 Å². The van der Waals surface area contributed by atoms with Crippen LogP contribution in [0.5, 0.6) is 5.75 Å². The van der Waals surface area contributed by atoms with Gasteiger partial charge in [0.25, 0.3) is 0 Å². The van der Waals surface area contributed by atoms with E-state index in [1.165, 1.54) is 4.31 Å². The lowest BCUT2D eigenvalue weighted by Gasteiger charge is -2.34. The monoisotopic (exact) mass is 416 g/mol. The van der Waals surface area contributed by atoms with Crippen LogP contribution in [0.3, 0.4) is 0 Å². The van der Waals surface area contributed by atoms with Crippen LogP contribution >= 0.6 is 0 Å². The summed E-state index contributed by atoms with van der Waals surface area (Å²) >= 11 is 0. The first-order valence-electron chi connectivity index (χ1n) is 10.1. The number of piperazine rings is 1. The van der Waals surface area contributed by atoms with Gasteiger partial charge in [-0.1, -0.05) is 37.3 Å². The second-order valence-corrected chi connectivity index (χ2v) is 8.99. The third-order valence-electron chi connectivity index (χ3n) is 5.11. The smallest absolute Gasteiger partial charge is 0.243 e. The van der Waals surface area contributed by atoms with E-state index in [0.29, 0.717) is 50.5 Å². The molecule has 29 heavy (non-hydrogen) atoms. The highest BCUT2D eigenvalue weighted by Crippen LogP contribution is 2.19. The van der Waals surface area contributed by atoms with Crippen LogP contribution in [0.4, 0.5) is 0 Å². The van der Waals surface area contributed by atoms with Crippen molar-refractivity contribution in [2.45, 2.75) is 31.1 Å². The molecule has 0 N–H and O–H groups in total. The van der Waals surface area contributed by atoms with E-state index in [0.717, 1.165) is 17.7 Å². The second kappa shape index (κ2) is 9.89. The Morgan fingerprint density at radius 1 is 0.966 bits per heavy atom. The molecule has 0 unspecified atom stereocenters. The maximum atomic E-state index is 12.8. The Hall–Kier alpha value is -2.38. The third kappa shape index (κ3) is 5.58. The van der Waals surface area contributed by atoms with Crippen molar-refractivity contribution in [3.8, 4) is 5.75 Å². The number of hydrogen-bond acceptors (Lipinski definition) is 4. The molecule has 1 amide bonds. The zero-order chi connectivity index (χ0) is 20.7. The Bertz CT molecular complexity index is 890. The molecule has 0 spiro atoms. The first kappa shape index (κ1) is 21.3. The van der Waals surface area contributed by atoms with Crippen molar-refractivity contribution in [3.05, 3.63) is 60.2 Å². The van der Waals surface area contributed by atoms with Crippen LogP contribution in [0, 0.1) is 0 Å². The van der Waals surface area contributed by atoms with E-state index in [1.807, 2.05) is 49.4 Å². The van der Waals surface area contributed by atoms with Crippen molar-refractivity contribution >= 4 is 15.9 Å². The number of para-hydroxylation sites is 1. The van der Waals surface area contributed by atoms with Gasteiger partial charge in [0.05, 0.1) is 11.5 Å². The Balaban J connectivity index is 1.44. The largest absolute Gasteiger partial charge is 0.494 e. The molecule has 2 aromatic carbocycles. The average molecular weight is 417 g/mol. The fourth-order valence-corrected chi connectivity index (χ4v) is 4.73. The fraction of sp³-hybridized carbons (Fsp3) is 0.409. The normalized spacial score (nSPS) is 15.3. The van der Waals surface area contributed by atoms with Gasteiger partial charge in [-0.15, -0.1) is 0 Å². The minimum absolute atomic E-state index is 0.0472. The summed E-state index contributed by atoms with van der Waals surface area (Å²) in [6.45, 7) is 4.01. The van der Waals surface area contributed by atoms with E-state index in [9.17, 15) is 13.2 Å². The highest BCUT2D eigenvalue weighted by molar-refractivity contribution is 7.89. The lowest BCUT2D eigenvalue weighted by atomic mass is 10.2. The van der Waals surface area contributed by atoms with Gasteiger partial charge in [-0.05, 0) is 42.7 Å². The number of aryl methyl sites for hydroxylation is 1. The topological polar surface area (TPSA) is 66.9 Å². The minimum Gasteiger partial charge on any atom is -0.494 e. The standard InChI is InChI=1S/C22H28N2O4S/c1-2-19-10-12-21(13-11-19)29(26,27)24-16-14-23(15-17-24)22(25)9-6-18-28-20-7-4-3-5-8-20/h3-5,7-8,10-13H,2,6,9,14-18H2,1H3. The summed E-state index contributed by atoms with van der Waals surface area (Å²) in [7, 11) is -3.51. The van der Waals surface area contributed by atoms with Crippen LogP contribution in [0.2, 0.25) is 0 Å². The summed E-state index contributed by atoms with van der Waals surface area (Å²) in [4.78, 5) is 14.5. The molecule has 2 aromatic rings. The molecule has 1 heterocycles. The molecule has 0 aliphatic carbocycles. The summed E-state index contributed by atoms with van der Waals surface area (Å²) < 4.78 is 32.7. The van der Waals surface area contributed by atoms with E-state index in [1.54, 1.807) is 17.0 Å². The number of benzene rings is 2. The summed E-state index contributed by atoms with van der Waals surface area (Å²) in [5.41, 5.74) is 1.11. The fourth-order valence-electron chi connectivity index (χ4n) is 3.31. The number of nitrogens with zero attached hydrogens (tertiary/aromatic N) is 2. The molecule has 7 heteroatoms. The van der Waals surface area contributed by atoms with Gasteiger partial charge in [0.1, 0.15) is 5.75 Å². The van der Waals surface area contributed by atoms with E-state index in [4.69, 9.17) is 4.74 Å². The number of carbonyl (C=O) groups is 1. The highest BCUT2D eigenvalue weighted by Gasteiger charge is 2.29. The first-order valence-corrected chi connectivity index (χ1v) is 11.5. The van der Waals surface area contributed by atoms with Gasteiger partial charge in [0, 0.05) is 32.6 Å². The van der Waals surface area contributed by atoms with Crippen molar-refractivity contribution in [2.75, 3.05) is 32.8 Å². The maximum Gasteiger partial charge on any atom is 0.243 e. The molecule has 1 saturated heterocycles. The Morgan fingerprint density at radius 3 is 2.24 bits per heavy atom. The Morgan fingerprint density at radius 2 is 1.62 bits per heavy atom. The van der Waals surface area contributed by atoms with Crippen LogP contribution in [0.15, 0.2) is 59.5 Å². The molecule has 0 radical (unpaired) electrons. The average Bonchev–Trinajstić information content (AvgIpc) is 2.77. The predicted molar refractivity (Wildman–Crippen MR) is 112 cm³/mol. The Kier molecular flexibility index (Phi) is 7.28. The van der Waals surface area contributed by atoms with E-state index >= 15 is 0 Å². The molecule has 0 bridgehead atoms. The quantitative estimate of drug-likeness (QED) is 0.621. The van der Waals surface area contributed by atoms with Gasteiger partial charge in [-0.2, -0.15) is 4.31 Å². The van der Waals surface area contributed by atoms with Gasteiger partial charge < -0.3 is 9.64 Å². The van der Waals surface area contributed by atoms with Gasteiger partial charge in [-0.25, -0.2) is 8.42 Å². The molecule has 0 saturated carbocycles. The van der Waals surface area contributed by atoms with Crippen LogP contribution < -0.4 is 4.74 Å². The SMILES string of the molecule is CCc1ccc(S(=O)(=O)N2CCN(C(=O)CCCOc3ccccc3)CC2)cc1. The number of carbonyl (C=O) groups excluding carboxylic acids is 1. The molecule has 1 aliphatic rings. The Labute approximate surface area is 173 Å². The molecule has 0 atom stereocenters. The van der Waals surface area contributed by atoms with Gasteiger partial charge in [-0.3, -0.25) is 4.79 Å². The van der Waals surface area contributed by atoms with Crippen LogP contribution in [0.25, 0.3) is 0 Å². The third-order valence-corrected chi connectivity index (χ3v) is 7.02. The zero-order valence-corrected chi connectivity index (χ0v) is 17.6. The highest BCUT2D eigenvalue weighted by atomic mass is 32.2. The molecule has 1 fully saturated rings. The number of ether oxygens (including phenoxy) is 1. The number of rotatable bonds is 8. The van der Waals surface area contributed by atoms with Crippen molar-refractivity contribution in [2.24, 2.45) is 0 Å². The zero-order valence-electron chi connectivity index (χ0n) is 16.8. The number of sulfonamides is 1. The molecular weight excluding hydrogens is 388 g/mol. The summed E-state index contributed by atoms with van der Waals surface area (Å²) in [6.07, 6.45) is 1.91. The molecular formula is C22H28N2O4S. The summed E-state index contributed by atoms with van der Waals surface area (Å²) in [6, 6.07) is 16.6. The van der Waals surface area contributed by atoms with Crippen LogP contribution in [-0.2, 0) is 21.2 Å². The van der Waals surface area contributed by atoms with Gasteiger partial charge >= 0.3 is 0 Å². The minimum atomic E-state index is -3.51. The predicted octanol–water partition coefficient (Wildman–Crippen LogP) is 2.94. The van der Waals surface area contributed by atoms with E-state index < -0.39 is 10.0 Å². The summed E-state index contributed by atoms with van der Waals surface area (Å²) in [5.74, 6) is 0.844. The van der Waals surface area contributed by atoms with Crippen LogP contribution in [0.1, 0.15) is 25.3 Å². The molecule has 3 rings (SSSR count). The lowest BCUT2D eigenvalue weighted by molar-refractivity contribution is -0.132. The van der Waals surface area contributed by atoms with Crippen molar-refractivity contribution in [1.29, 1.82) is 0 Å². The molecule has 1 aliphatic heterocycles. The molecule has 6 nitrogen and oxygen atoms in total. The van der Waals surface area contributed by atoms with Gasteiger partial charge in [0.2, 0.25) is 15.9 Å². The first-order chi connectivity index (χ1) is 14.0. The van der Waals surface area contributed by atoms with Crippen LogP contribution in [-0.4, -0.2) is 56.3 Å². The molecule has 156 valence electrons. The van der Waals surface area contributed by atoms with Crippen molar-refractivity contribution < 1.29 is 17.9 Å². The maximum absolute atomic E-state index is 12.8. The number of hydrogen-bond donors (Lipinski definition) is 0.